The summed E-state index contributed by atoms with van der Waals surface area (Å²) >= 11 is 2.12. The number of carbonyl (C=O) groups excluding carboxylic acids is 1. The topological polar surface area (TPSA) is 66.5 Å². The first-order valence-electron chi connectivity index (χ1n) is 9.11. The van der Waals surface area contributed by atoms with Gasteiger partial charge >= 0.3 is 0 Å². The highest BCUT2D eigenvalue weighted by molar-refractivity contribution is 14.1. The third kappa shape index (κ3) is 4.52. The Hall–Kier alpha value is -1.45. The first-order chi connectivity index (χ1) is 12.9. The predicted octanol–water partition coefficient (Wildman–Crippen LogP) is 4.50. The minimum atomic E-state index is -3.51. The number of piperidine rings is 1. The monoisotopic (exact) mass is 498 g/mol. The highest BCUT2D eigenvalue weighted by atomic mass is 127. The summed E-state index contributed by atoms with van der Waals surface area (Å²) in [5.41, 5.74) is 1.16. The molecule has 3 rings (SSSR count). The molecule has 1 heterocycles. The molecule has 0 aromatic heterocycles. The number of sulfonamides is 1. The molecule has 0 saturated carbocycles. The van der Waals surface area contributed by atoms with E-state index in [-0.39, 0.29) is 16.8 Å². The Balaban J connectivity index is 1.77. The molecule has 1 aliphatic heterocycles. The minimum Gasteiger partial charge on any atom is -0.322 e. The molecule has 0 bridgehead atoms. The van der Waals surface area contributed by atoms with Crippen molar-refractivity contribution in [1.82, 2.24) is 4.31 Å². The normalized spacial score (nSPS) is 18.2. The number of nitrogens with one attached hydrogen (secondary N) is 1. The summed E-state index contributed by atoms with van der Waals surface area (Å²) < 4.78 is 28.5. The molecule has 1 aliphatic rings. The highest BCUT2D eigenvalue weighted by Gasteiger charge is 2.32. The third-order valence-electron chi connectivity index (χ3n) is 4.88. The second kappa shape index (κ2) is 8.70. The Morgan fingerprint density at radius 3 is 2.52 bits per heavy atom. The van der Waals surface area contributed by atoms with Gasteiger partial charge in [0.2, 0.25) is 10.0 Å². The van der Waals surface area contributed by atoms with E-state index in [2.05, 4.69) is 27.9 Å². The maximum Gasteiger partial charge on any atom is 0.256 e. The van der Waals surface area contributed by atoms with Crippen LogP contribution in [0.25, 0.3) is 0 Å². The molecule has 1 unspecified atom stereocenters. The SMILES string of the molecule is CCC1CCCCN1S(=O)(=O)c1ccc(NC(=O)c2ccccc2I)cc1. The Labute approximate surface area is 174 Å². The van der Waals surface area contributed by atoms with Crippen molar-refractivity contribution in [2.45, 2.75) is 43.5 Å². The zero-order chi connectivity index (χ0) is 19.4. The van der Waals surface area contributed by atoms with Crippen LogP contribution in [0.4, 0.5) is 5.69 Å². The van der Waals surface area contributed by atoms with Gasteiger partial charge in [0.15, 0.2) is 0 Å². The van der Waals surface area contributed by atoms with Crippen LogP contribution in [0.3, 0.4) is 0 Å². The van der Waals surface area contributed by atoms with Crippen LogP contribution in [-0.4, -0.2) is 31.2 Å². The number of anilines is 1. The van der Waals surface area contributed by atoms with Crippen LogP contribution in [0.15, 0.2) is 53.4 Å². The van der Waals surface area contributed by atoms with Gasteiger partial charge in [-0.3, -0.25) is 4.79 Å². The lowest BCUT2D eigenvalue weighted by atomic mass is 10.0. The first kappa shape index (κ1) is 20.3. The molecule has 1 atom stereocenters. The molecule has 144 valence electrons. The molecule has 1 saturated heterocycles. The summed E-state index contributed by atoms with van der Waals surface area (Å²) in [5.74, 6) is -0.210. The van der Waals surface area contributed by atoms with Gasteiger partial charge in [-0.25, -0.2) is 8.42 Å². The molecule has 2 aromatic rings. The smallest absolute Gasteiger partial charge is 0.256 e. The van der Waals surface area contributed by atoms with Crippen molar-refractivity contribution >= 4 is 44.2 Å². The van der Waals surface area contributed by atoms with Crippen molar-refractivity contribution in [2.24, 2.45) is 0 Å². The fourth-order valence-corrected chi connectivity index (χ4v) is 5.79. The fraction of sp³-hybridized carbons (Fsp3) is 0.350. The maximum absolute atomic E-state index is 13.0. The number of rotatable bonds is 5. The average molecular weight is 498 g/mol. The van der Waals surface area contributed by atoms with Gasteiger partial charge in [0.1, 0.15) is 0 Å². The van der Waals surface area contributed by atoms with Crippen molar-refractivity contribution in [3.05, 3.63) is 57.7 Å². The molecule has 27 heavy (non-hydrogen) atoms. The Kier molecular flexibility index (Phi) is 6.54. The number of halogens is 1. The summed E-state index contributed by atoms with van der Waals surface area (Å²) in [6.45, 7) is 2.61. The summed E-state index contributed by atoms with van der Waals surface area (Å²) in [7, 11) is -3.51. The number of carbonyl (C=O) groups is 1. The Morgan fingerprint density at radius 1 is 1.15 bits per heavy atom. The van der Waals surface area contributed by atoms with E-state index >= 15 is 0 Å². The van der Waals surface area contributed by atoms with E-state index < -0.39 is 10.0 Å². The molecule has 1 N–H and O–H groups in total. The number of benzene rings is 2. The van der Waals surface area contributed by atoms with E-state index in [9.17, 15) is 13.2 Å². The van der Waals surface area contributed by atoms with Crippen molar-refractivity contribution in [2.75, 3.05) is 11.9 Å². The van der Waals surface area contributed by atoms with Crippen molar-refractivity contribution in [1.29, 1.82) is 0 Å². The summed E-state index contributed by atoms with van der Waals surface area (Å²) in [5, 5.41) is 2.83. The Morgan fingerprint density at radius 2 is 1.85 bits per heavy atom. The second-order valence-corrected chi connectivity index (χ2v) is 9.68. The van der Waals surface area contributed by atoms with Gasteiger partial charge in [0.05, 0.1) is 10.5 Å². The third-order valence-corrected chi connectivity index (χ3v) is 7.79. The van der Waals surface area contributed by atoms with E-state index in [0.29, 0.717) is 17.8 Å². The lowest BCUT2D eigenvalue weighted by molar-refractivity contribution is 0.102. The summed E-state index contributed by atoms with van der Waals surface area (Å²) in [4.78, 5) is 12.7. The van der Waals surface area contributed by atoms with Gasteiger partial charge in [0, 0.05) is 21.8 Å². The highest BCUT2D eigenvalue weighted by Crippen LogP contribution is 2.27. The van der Waals surface area contributed by atoms with Crippen LogP contribution >= 0.6 is 22.6 Å². The Bertz CT molecular complexity index is 913. The molecule has 0 radical (unpaired) electrons. The summed E-state index contributed by atoms with van der Waals surface area (Å²) in [6.07, 6.45) is 3.72. The number of nitrogens with zero attached hydrogens (tertiary/aromatic N) is 1. The molecular weight excluding hydrogens is 475 g/mol. The fourth-order valence-electron chi connectivity index (χ4n) is 3.39. The van der Waals surface area contributed by atoms with Gasteiger partial charge < -0.3 is 5.32 Å². The zero-order valence-corrected chi connectivity index (χ0v) is 18.2. The van der Waals surface area contributed by atoms with Gasteiger partial charge in [-0.2, -0.15) is 4.31 Å². The summed E-state index contributed by atoms with van der Waals surface area (Å²) in [6, 6.07) is 13.8. The zero-order valence-electron chi connectivity index (χ0n) is 15.2. The molecule has 0 spiro atoms. The van der Waals surface area contributed by atoms with Crippen molar-refractivity contribution in [3.8, 4) is 0 Å². The molecule has 5 nitrogen and oxygen atoms in total. The van der Waals surface area contributed by atoms with Crippen molar-refractivity contribution < 1.29 is 13.2 Å². The first-order valence-corrected chi connectivity index (χ1v) is 11.6. The maximum atomic E-state index is 13.0. The lowest BCUT2D eigenvalue weighted by Crippen LogP contribution is -2.43. The molecule has 1 amide bonds. The van der Waals surface area contributed by atoms with Crippen LogP contribution < -0.4 is 5.32 Å². The number of hydrogen-bond acceptors (Lipinski definition) is 3. The van der Waals surface area contributed by atoms with E-state index in [4.69, 9.17) is 0 Å². The van der Waals surface area contributed by atoms with Crippen LogP contribution in [-0.2, 0) is 10.0 Å². The van der Waals surface area contributed by atoms with Crippen LogP contribution in [0.2, 0.25) is 0 Å². The average Bonchev–Trinajstić information content (AvgIpc) is 2.68. The van der Waals surface area contributed by atoms with Gasteiger partial charge in [-0.05, 0) is 78.3 Å². The van der Waals surface area contributed by atoms with E-state index in [1.165, 1.54) is 0 Å². The van der Waals surface area contributed by atoms with E-state index in [1.807, 2.05) is 25.1 Å². The largest absolute Gasteiger partial charge is 0.322 e. The quantitative estimate of drug-likeness (QED) is 0.618. The van der Waals surface area contributed by atoms with E-state index in [0.717, 1.165) is 29.3 Å². The van der Waals surface area contributed by atoms with Crippen LogP contribution in [0.1, 0.15) is 43.0 Å². The molecule has 2 aromatic carbocycles. The number of hydrogen-bond donors (Lipinski definition) is 1. The second-order valence-electron chi connectivity index (χ2n) is 6.63. The van der Waals surface area contributed by atoms with Gasteiger partial charge in [-0.15, -0.1) is 0 Å². The van der Waals surface area contributed by atoms with E-state index in [1.54, 1.807) is 34.6 Å². The van der Waals surface area contributed by atoms with Gasteiger partial charge in [-0.1, -0.05) is 25.5 Å². The molecule has 0 aliphatic carbocycles. The number of amides is 1. The van der Waals surface area contributed by atoms with Gasteiger partial charge in [0.25, 0.3) is 5.91 Å². The van der Waals surface area contributed by atoms with Crippen LogP contribution in [0.5, 0.6) is 0 Å². The standard InChI is InChI=1S/C20H23IN2O3S/c1-2-16-7-5-6-14-23(16)27(25,26)17-12-10-15(11-13-17)22-20(24)18-8-3-4-9-19(18)21/h3-4,8-13,16H,2,5-7,14H2,1H3,(H,22,24). The van der Waals surface area contributed by atoms with Crippen molar-refractivity contribution in [3.63, 3.8) is 0 Å². The predicted molar refractivity (Wildman–Crippen MR) is 115 cm³/mol. The molecule has 1 fully saturated rings. The molecular formula is C20H23IN2O3S. The minimum absolute atomic E-state index is 0.0725. The molecule has 7 heteroatoms. The lowest BCUT2D eigenvalue weighted by Gasteiger charge is -2.34. The van der Waals surface area contributed by atoms with Crippen LogP contribution in [0, 0.1) is 3.57 Å².